The molecule has 3 N–H and O–H groups in total. The topological polar surface area (TPSA) is 90.1 Å². The smallest absolute Gasteiger partial charge is 0.242 e. The minimum absolute atomic E-state index is 0.171. The maximum absolute atomic E-state index is 11.4. The van der Waals surface area contributed by atoms with E-state index in [1.807, 2.05) is 6.92 Å². The van der Waals surface area contributed by atoms with E-state index in [2.05, 4.69) is 21.9 Å². The molecule has 0 fully saturated rings. The highest BCUT2D eigenvalue weighted by Gasteiger charge is 2.06. The van der Waals surface area contributed by atoms with Crippen LogP contribution in [0.5, 0.6) is 11.6 Å². The van der Waals surface area contributed by atoms with Gasteiger partial charge >= 0.3 is 0 Å². The fraction of sp³-hybridized carbons (Fsp3) is 0.133. The molecule has 0 unspecified atom stereocenters. The second-order valence-electron chi connectivity index (χ2n) is 4.43. The number of nitrogens with zero attached hydrogens (tertiary/aromatic N) is 2. The third kappa shape index (κ3) is 4.04. The largest absolute Gasteiger partial charge is 0.435 e. The van der Waals surface area contributed by atoms with Gasteiger partial charge in [0.1, 0.15) is 11.6 Å². The van der Waals surface area contributed by atoms with Crippen molar-refractivity contribution in [1.82, 2.24) is 9.97 Å². The number of carbonyl (C=O) groups is 1. The van der Waals surface area contributed by atoms with Crippen LogP contribution in [0.4, 0.5) is 11.5 Å². The molecular formula is C15H16N4O2. The van der Waals surface area contributed by atoms with Gasteiger partial charge in [-0.1, -0.05) is 6.08 Å². The lowest BCUT2D eigenvalue weighted by molar-refractivity contribution is -0.115. The second-order valence-corrected chi connectivity index (χ2v) is 4.43. The van der Waals surface area contributed by atoms with Gasteiger partial charge in [0.15, 0.2) is 0 Å². The van der Waals surface area contributed by atoms with Crippen LogP contribution in [-0.4, -0.2) is 15.9 Å². The van der Waals surface area contributed by atoms with Crippen LogP contribution in [0.2, 0.25) is 0 Å². The van der Waals surface area contributed by atoms with Crippen LogP contribution in [-0.2, 0) is 4.79 Å². The third-order valence-corrected chi connectivity index (χ3v) is 2.56. The van der Waals surface area contributed by atoms with E-state index in [-0.39, 0.29) is 12.3 Å². The number of rotatable bonds is 5. The molecule has 0 aliphatic rings. The van der Waals surface area contributed by atoms with E-state index in [1.54, 1.807) is 24.4 Å². The van der Waals surface area contributed by atoms with E-state index in [0.29, 0.717) is 23.1 Å². The average Bonchev–Trinajstić information content (AvgIpc) is 2.44. The first-order valence-electron chi connectivity index (χ1n) is 6.35. The number of aryl methyl sites for hydroxylation is 1. The van der Waals surface area contributed by atoms with E-state index in [0.717, 1.165) is 5.56 Å². The molecule has 0 aliphatic carbocycles. The molecule has 0 spiro atoms. The Morgan fingerprint density at radius 3 is 2.86 bits per heavy atom. The van der Waals surface area contributed by atoms with Crippen LogP contribution in [0.3, 0.4) is 0 Å². The number of pyridine rings is 2. The van der Waals surface area contributed by atoms with Crippen molar-refractivity contribution < 1.29 is 9.53 Å². The molecule has 6 nitrogen and oxygen atoms in total. The molecule has 0 aliphatic heterocycles. The quantitative estimate of drug-likeness (QED) is 0.824. The summed E-state index contributed by atoms with van der Waals surface area (Å²) in [7, 11) is 0. The Hall–Kier alpha value is -2.89. The molecule has 0 atom stereocenters. The number of anilines is 2. The van der Waals surface area contributed by atoms with Crippen molar-refractivity contribution in [2.24, 2.45) is 0 Å². The molecule has 2 rings (SSSR count). The summed E-state index contributed by atoms with van der Waals surface area (Å²) < 4.78 is 5.54. The molecule has 0 bridgehead atoms. The van der Waals surface area contributed by atoms with Crippen molar-refractivity contribution in [3.8, 4) is 11.6 Å². The zero-order chi connectivity index (χ0) is 15.2. The molecule has 6 heteroatoms. The SMILES string of the molecule is C=CCC(=O)Nc1ccc(Oc2ncc(C)cc2N)cn1. The van der Waals surface area contributed by atoms with Crippen LogP contribution in [0.25, 0.3) is 0 Å². The number of nitrogens with one attached hydrogen (secondary N) is 1. The number of hydrogen-bond acceptors (Lipinski definition) is 5. The standard InChI is InChI=1S/C15H16N4O2/c1-3-4-14(20)19-13-6-5-11(9-17-13)21-15-12(16)7-10(2)8-18-15/h3,5-9H,1,4,16H2,2H3,(H,17,19,20). The van der Waals surface area contributed by atoms with Gasteiger partial charge in [0.25, 0.3) is 0 Å². The normalized spacial score (nSPS) is 9.95. The summed E-state index contributed by atoms with van der Waals surface area (Å²) in [5.74, 6) is 1.08. The fourth-order valence-electron chi connectivity index (χ4n) is 1.62. The Bertz CT molecular complexity index is 653. The minimum atomic E-state index is -0.171. The molecule has 0 saturated carbocycles. The molecule has 0 radical (unpaired) electrons. The van der Waals surface area contributed by atoms with Gasteiger partial charge in [-0.3, -0.25) is 4.79 Å². The average molecular weight is 284 g/mol. The lowest BCUT2D eigenvalue weighted by atomic mass is 10.3. The van der Waals surface area contributed by atoms with Crippen LogP contribution >= 0.6 is 0 Å². The van der Waals surface area contributed by atoms with Crippen LogP contribution in [0.1, 0.15) is 12.0 Å². The monoisotopic (exact) mass is 284 g/mol. The van der Waals surface area contributed by atoms with E-state index in [1.165, 1.54) is 12.3 Å². The van der Waals surface area contributed by atoms with Crippen molar-refractivity contribution >= 4 is 17.4 Å². The van der Waals surface area contributed by atoms with Gasteiger partial charge in [-0.25, -0.2) is 9.97 Å². The first kappa shape index (κ1) is 14.5. The maximum Gasteiger partial charge on any atom is 0.242 e. The number of carbonyl (C=O) groups excluding carboxylic acids is 1. The predicted molar refractivity (Wildman–Crippen MR) is 81.1 cm³/mol. The van der Waals surface area contributed by atoms with Gasteiger partial charge in [-0.05, 0) is 30.7 Å². The third-order valence-electron chi connectivity index (χ3n) is 2.56. The van der Waals surface area contributed by atoms with E-state index < -0.39 is 0 Å². The Morgan fingerprint density at radius 1 is 1.43 bits per heavy atom. The highest BCUT2D eigenvalue weighted by atomic mass is 16.5. The van der Waals surface area contributed by atoms with Gasteiger partial charge < -0.3 is 15.8 Å². The van der Waals surface area contributed by atoms with E-state index in [4.69, 9.17) is 10.5 Å². The molecule has 0 saturated heterocycles. The first-order chi connectivity index (χ1) is 10.1. The van der Waals surface area contributed by atoms with Gasteiger partial charge in [-0.15, -0.1) is 6.58 Å². The number of hydrogen-bond donors (Lipinski definition) is 2. The first-order valence-corrected chi connectivity index (χ1v) is 6.35. The van der Waals surface area contributed by atoms with Crippen molar-refractivity contribution in [2.75, 3.05) is 11.1 Å². The summed E-state index contributed by atoms with van der Waals surface area (Å²) in [6, 6.07) is 5.10. The van der Waals surface area contributed by atoms with Crippen LogP contribution in [0, 0.1) is 6.92 Å². The van der Waals surface area contributed by atoms with Crippen molar-refractivity contribution in [2.45, 2.75) is 13.3 Å². The molecule has 0 aromatic carbocycles. The van der Waals surface area contributed by atoms with Crippen molar-refractivity contribution in [3.05, 3.63) is 48.8 Å². The minimum Gasteiger partial charge on any atom is -0.435 e. The summed E-state index contributed by atoms with van der Waals surface area (Å²) >= 11 is 0. The Morgan fingerprint density at radius 2 is 2.24 bits per heavy atom. The molecule has 2 aromatic heterocycles. The molecule has 2 heterocycles. The number of aromatic nitrogens is 2. The summed E-state index contributed by atoms with van der Waals surface area (Å²) in [6.07, 6.45) is 4.93. The highest BCUT2D eigenvalue weighted by Crippen LogP contribution is 2.25. The summed E-state index contributed by atoms with van der Waals surface area (Å²) in [4.78, 5) is 19.6. The number of nitrogen functional groups attached to an aromatic ring is 1. The van der Waals surface area contributed by atoms with Crippen LogP contribution in [0.15, 0.2) is 43.2 Å². The summed E-state index contributed by atoms with van der Waals surface area (Å²) in [5, 5.41) is 2.64. The highest BCUT2D eigenvalue weighted by molar-refractivity contribution is 5.90. The number of ether oxygens (including phenoxy) is 1. The lowest BCUT2D eigenvalue weighted by Crippen LogP contribution is -2.10. The maximum atomic E-state index is 11.4. The Kier molecular flexibility index (Phi) is 4.50. The van der Waals surface area contributed by atoms with Gasteiger partial charge in [0.05, 0.1) is 11.9 Å². The van der Waals surface area contributed by atoms with Crippen molar-refractivity contribution in [3.63, 3.8) is 0 Å². The zero-order valence-corrected chi connectivity index (χ0v) is 11.7. The van der Waals surface area contributed by atoms with Crippen LogP contribution < -0.4 is 15.8 Å². The van der Waals surface area contributed by atoms with E-state index >= 15 is 0 Å². The molecular weight excluding hydrogens is 268 g/mol. The summed E-state index contributed by atoms with van der Waals surface area (Å²) in [6.45, 7) is 5.40. The van der Waals surface area contributed by atoms with Crippen molar-refractivity contribution in [1.29, 1.82) is 0 Å². The summed E-state index contributed by atoms with van der Waals surface area (Å²) in [5.41, 5.74) is 7.24. The lowest BCUT2D eigenvalue weighted by Gasteiger charge is -2.08. The molecule has 21 heavy (non-hydrogen) atoms. The fourth-order valence-corrected chi connectivity index (χ4v) is 1.62. The number of nitrogens with two attached hydrogens (primary N) is 1. The zero-order valence-electron chi connectivity index (χ0n) is 11.7. The molecule has 1 amide bonds. The Labute approximate surface area is 122 Å². The van der Waals surface area contributed by atoms with Gasteiger partial charge in [0, 0.05) is 12.6 Å². The molecule has 2 aromatic rings. The Balaban J connectivity index is 2.05. The number of amides is 1. The predicted octanol–water partition coefficient (Wildman–Crippen LogP) is 2.67. The molecule has 108 valence electrons. The van der Waals surface area contributed by atoms with Gasteiger partial charge in [-0.2, -0.15) is 0 Å². The second kappa shape index (κ2) is 6.51. The van der Waals surface area contributed by atoms with Gasteiger partial charge in [0.2, 0.25) is 11.8 Å². The van der Waals surface area contributed by atoms with E-state index in [9.17, 15) is 4.79 Å².